The van der Waals surface area contributed by atoms with Crippen LogP contribution in [0.15, 0.2) is 0 Å². The van der Waals surface area contributed by atoms with E-state index in [1.165, 1.54) is 7.11 Å². The average Bonchev–Trinajstić information content (AvgIpc) is 2.18. The van der Waals surface area contributed by atoms with Crippen molar-refractivity contribution in [3.8, 4) is 0 Å². The van der Waals surface area contributed by atoms with E-state index in [1.54, 1.807) is 6.92 Å². The minimum Gasteiger partial charge on any atom is -0.468 e. The summed E-state index contributed by atoms with van der Waals surface area (Å²) in [6, 6.07) is -0.885. The molecule has 0 aliphatic carbocycles. The number of hydrogen-bond donors (Lipinski definition) is 2. The number of rotatable bonds is 6. The van der Waals surface area contributed by atoms with Crippen LogP contribution in [-0.4, -0.2) is 50.0 Å². The van der Waals surface area contributed by atoms with Crippen LogP contribution >= 0.6 is 0 Å². The van der Waals surface area contributed by atoms with Crippen molar-refractivity contribution >= 4 is 11.9 Å². The van der Waals surface area contributed by atoms with E-state index in [4.69, 9.17) is 5.11 Å². The molecule has 1 atom stereocenters. The van der Waals surface area contributed by atoms with Crippen LogP contribution in [0.25, 0.3) is 0 Å². The van der Waals surface area contributed by atoms with Gasteiger partial charge in [-0.1, -0.05) is 0 Å². The highest BCUT2D eigenvalue weighted by atomic mass is 16.5. The van der Waals surface area contributed by atoms with Crippen molar-refractivity contribution in [2.75, 3.05) is 26.9 Å². The fourth-order valence-electron chi connectivity index (χ4n) is 0.783. The Morgan fingerprint density at radius 2 is 2.14 bits per heavy atom. The molecule has 0 aromatic heterocycles. The van der Waals surface area contributed by atoms with E-state index in [0.29, 0.717) is 0 Å². The predicted molar refractivity (Wildman–Crippen MR) is 47.5 cm³/mol. The zero-order valence-electron chi connectivity index (χ0n) is 8.28. The van der Waals surface area contributed by atoms with Gasteiger partial charge in [0.15, 0.2) is 0 Å². The first-order valence-electron chi connectivity index (χ1n) is 4.23. The highest BCUT2D eigenvalue weighted by molar-refractivity contribution is 5.77. The van der Waals surface area contributed by atoms with Crippen LogP contribution in [0.4, 0.5) is 0 Å². The molecule has 0 bridgehead atoms. The van der Waals surface area contributed by atoms with Crippen molar-refractivity contribution in [1.29, 1.82) is 0 Å². The molecule has 0 spiro atoms. The third-order valence-corrected chi connectivity index (χ3v) is 1.47. The number of nitrogens with one attached hydrogen (secondary N) is 1. The summed E-state index contributed by atoms with van der Waals surface area (Å²) in [6.07, 6.45) is 0. The summed E-state index contributed by atoms with van der Waals surface area (Å²) in [5.74, 6) is -1.09. The number of ether oxygens (including phenoxy) is 2. The lowest BCUT2D eigenvalue weighted by Gasteiger charge is -2.12. The minimum absolute atomic E-state index is 0.131. The summed E-state index contributed by atoms with van der Waals surface area (Å²) in [4.78, 5) is 21.8. The third-order valence-electron chi connectivity index (χ3n) is 1.47. The zero-order chi connectivity index (χ0) is 11.0. The third kappa shape index (κ3) is 4.78. The van der Waals surface area contributed by atoms with Crippen LogP contribution in [0.3, 0.4) is 0 Å². The Morgan fingerprint density at radius 3 is 2.57 bits per heavy atom. The van der Waals surface area contributed by atoms with Gasteiger partial charge in [0, 0.05) is 0 Å². The van der Waals surface area contributed by atoms with Crippen molar-refractivity contribution in [3.05, 3.63) is 0 Å². The molecule has 0 amide bonds. The fraction of sp³-hybridized carbons (Fsp3) is 0.750. The van der Waals surface area contributed by atoms with E-state index >= 15 is 0 Å². The van der Waals surface area contributed by atoms with Gasteiger partial charge in [0.25, 0.3) is 0 Å². The second kappa shape index (κ2) is 7.28. The Labute approximate surface area is 82.2 Å². The Kier molecular flexibility index (Phi) is 6.69. The largest absolute Gasteiger partial charge is 0.468 e. The zero-order valence-corrected chi connectivity index (χ0v) is 8.28. The molecule has 0 saturated heterocycles. The molecular weight excluding hydrogens is 190 g/mol. The van der Waals surface area contributed by atoms with Gasteiger partial charge in [-0.3, -0.25) is 14.9 Å². The molecule has 0 rings (SSSR count). The van der Waals surface area contributed by atoms with Crippen molar-refractivity contribution in [2.24, 2.45) is 0 Å². The molecule has 1 unspecified atom stereocenters. The van der Waals surface area contributed by atoms with Gasteiger partial charge in [0.2, 0.25) is 0 Å². The van der Waals surface area contributed by atoms with Crippen LogP contribution in [-0.2, 0) is 19.1 Å². The van der Waals surface area contributed by atoms with E-state index in [0.717, 1.165) is 0 Å². The molecular formula is C8H15NO5. The standard InChI is InChI=1S/C8H15NO5/c1-3-14-7(11)4-9-6(5-10)8(12)13-2/h6,9-10H,3-5H2,1-2H3. The van der Waals surface area contributed by atoms with Gasteiger partial charge in [-0.15, -0.1) is 0 Å². The number of hydrogen-bond acceptors (Lipinski definition) is 6. The number of esters is 2. The second-order valence-corrected chi connectivity index (χ2v) is 2.44. The van der Waals surface area contributed by atoms with Crippen LogP contribution in [0.2, 0.25) is 0 Å². The van der Waals surface area contributed by atoms with Crippen molar-refractivity contribution < 1.29 is 24.2 Å². The van der Waals surface area contributed by atoms with Gasteiger partial charge in [0.05, 0.1) is 26.9 Å². The molecule has 0 aliphatic heterocycles. The Balaban J connectivity index is 3.83. The smallest absolute Gasteiger partial charge is 0.325 e. The Morgan fingerprint density at radius 1 is 1.50 bits per heavy atom. The summed E-state index contributed by atoms with van der Waals surface area (Å²) in [5, 5.41) is 11.3. The quantitative estimate of drug-likeness (QED) is 0.523. The van der Waals surface area contributed by atoms with E-state index < -0.39 is 24.6 Å². The average molecular weight is 205 g/mol. The predicted octanol–water partition coefficient (Wildman–Crippen LogP) is -1.33. The summed E-state index contributed by atoms with van der Waals surface area (Å²) >= 11 is 0. The van der Waals surface area contributed by atoms with E-state index in [-0.39, 0.29) is 13.2 Å². The highest BCUT2D eigenvalue weighted by Gasteiger charge is 2.18. The SMILES string of the molecule is CCOC(=O)CNC(CO)C(=O)OC. The molecule has 14 heavy (non-hydrogen) atoms. The van der Waals surface area contributed by atoms with Gasteiger partial charge >= 0.3 is 11.9 Å². The summed E-state index contributed by atoms with van der Waals surface area (Å²) < 4.78 is 9.00. The fourth-order valence-corrected chi connectivity index (χ4v) is 0.783. The molecule has 0 heterocycles. The topological polar surface area (TPSA) is 84.9 Å². The molecule has 6 heteroatoms. The van der Waals surface area contributed by atoms with E-state index in [9.17, 15) is 9.59 Å². The molecule has 6 nitrogen and oxygen atoms in total. The lowest BCUT2D eigenvalue weighted by molar-refractivity contribution is -0.145. The summed E-state index contributed by atoms with van der Waals surface area (Å²) in [5.41, 5.74) is 0. The number of methoxy groups -OCH3 is 1. The van der Waals surface area contributed by atoms with Gasteiger partial charge in [-0.05, 0) is 6.92 Å². The van der Waals surface area contributed by atoms with Crippen molar-refractivity contribution in [2.45, 2.75) is 13.0 Å². The molecule has 0 aromatic carbocycles. The first-order valence-corrected chi connectivity index (χ1v) is 4.23. The molecule has 0 aromatic rings. The Bertz CT molecular complexity index is 194. The minimum atomic E-state index is -0.885. The second-order valence-electron chi connectivity index (χ2n) is 2.44. The summed E-state index contributed by atoms with van der Waals surface area (Å²) in [6.45, 7) is 1.41. The number of aliphatic hydroxyl groups is 1. The lowest BCUT2D eigenvalue weighted by Crippen LogP contribution is -2.43. The van der Waals surface area contributed by atoms with Gasteiger partial charge in [-0.25, -0.2) is 0 Å². The molecule has 0 radical (unpaired) electrons. The number of carbonyl (C=O) groups excluding carboxylic acids is 2. The van der Waals surface area contributed by atoms with Crippen molar-refractivity contribution in [3.63, 3.8) is 0 Å². The molecule has 2 N–H and O–H groups in total. The first kappa shape index (κ1) is 12.9. The highest BCUT2D eigenvalue weighted by Crippen LogP contribution is 1.86. The van der Waals surface area contributed by atoms with Crippen LogP contribution < -0.4 is 5.32 Å². The van der Waals surface area contributed by atoms with Crippen LogP contribution in [0, 0.1) is 0 Å². The molecule has 0 aliphatic rings. The van der Waals surface area contributed by atoms with Gasteiger partial charge in [-0.2, -0.15) is 0 Å². The van der Waals surface area contributed by atoms with Crippen molar-refractivity contribution in [1.82, 2.24) is 5.32 Å². The maximum Gasteiger partial charge on any atom is 0.325 e. The van der Waals surface area contributed by atoms with Gasteiger partial charge in [0.1, 0.15) is 6.04 Å². The molecule has 0 fully saturated rings. The van der Waals surface area contributed by atoms with Gasteiger partial charge < -0.3 is 14.6 Å². The van der Waals surface area contributed by atoms with E-state index in [2.05, 4.69) is 14.8 Å². The first-order chi connectivity index (χ1) is 6.65. The number of aliphatic hydroxyl groups excluding tert-OH is 1. The maximum atomic E-state index is 10.9. The monoisotopic (exact) mass is 205 g/mol. The maximum absolute atomic E-state index is 10.9. The van der Waals surface area contributed by atoms with Crippen LogP contribution in [0.5, 0.6) is 0 Å². The van der Waals surface area contributed by atoms with E-state index in [1.807, 2.05) is 0 Å². The summed E-state index contributed by atoms with van der Waals surface area (Å²) in [7, 11) is 1.21. The lowest BCUT2D eigenvalue weighted by atomic mass is 10.3. The van der Waals surface area contributed by atoms with Crippen LogP contribution in [0.1, 0.15) is 6.92 Å². The Hall–Kier alpha value is -1.14. The number of carbonyl (C=O) groups is 2. The normalized spacial score (nSPS) is 11.9. The molecule has 0 saturated carbocycles. The molecule has 82 valence electrons.